The van der Waals surface area contributed by atoms with Crippen LogP contribution in [0.3, 0.4) is 0 Å². The van der Waals surface area contributed by atoms with Gasteiger partial charge >= 0.3 is 0 Å². The fourth-order valence-electron chi connectivity index (χ4n) is 1.80. The van der Waals surface area contributed by atoms with Crippen LogP contribution in [0.4, 0.5) is 5.82 Å². The van der Waals surface area contributed by atoms with Gasteiger partial charge in [-0.1, -0.05) is 0 Å². The highest BCUT2D eigenvalue weighted by atomic mass is 79.9. The van der Waals surface area contributed by atoms with Gasteiger partial charge in [-0.3, -0.25) is 0 Å². The van der Waals surface area contributed by atoms with Crippen LogP contribution in [-0.4, -0.2) is 27.0 Å². The average Bonchev–Trinajstić information content (AvgIpc) is 3.26. The van der Waals surface area contributed by atoms with Crippen molar-refractivity contribution in [2.75, 3.05) is 12.8 Å². The Hall–Kier alpha value is -1.76. The lowest BCUT2D eigenvalue weighted by Gasteiger charge is -2.08. The number of aromatic nitrogens is 4. The Kier molecular flexibility index (Phi) is 3.06. The van der Waals surface area contributed by atoms with Gasteiger partial charge in [-0.05, 0) is 28.8 Å². The van der Waals surface area contributed by atoms with Crippen molar-refractivity contribution in [3.63, 3.8) is 0 Å². The molecule has 0 amide bonds. The zero-order valence-corrected chi connectivity index (χ0v) is 11.9. The number of halogens is 1. The van der Waals surface area contributed by atoms with Gasteiger partial charge in [0.25, 0.3) is 0 Å². The van der Waals surface area contributed by atoms with Crippen LogP contribution in [0.2, 0.25) is 0 Å². The average molecular weight is 322 g/mol. The zero-order chi connectivity index (χ0) is 13.4. The third-order valence-electron chi connectivity index (χ3n) is 2.95. The van der Waals surface area contributed by atoms with Crippen LogP contribution >= 0.6 is 15.9 Å². The molecular formula is C12H12BrN5O. The van der Waals surface area contributed by atoms with Gasteiger partial charge in [0, 0.05) is 12.0 Å². The van der Waals surface area contributed by atoms with Gasteiger partial charge in [-0.25, -0.2) is 19.9 Å². The van der Waals surface area contributed by atoms with Crippen molar-refractivity contribution in [1.29, 1.82) is 0 Å². The molecule has 3 rings (SSSR count). The highest BCUT2D eigenvalue weighted by Crippen LogP contribution is 2.43. The van der Waals surface area contributed by atoms with E-state index in [1.54, 1.807) is 13.2 Å². The second-order valence-corrected chi connectivity index (χ2v) is 5.14. The van der Waals surface area contributed by atoms with Crippen LogP contribution in [0, 0.1) is 0 Å². The molecule has 0 saturated heterocycles. The van der Waals surface area contributed by atoms with Gasteiger partial charge in [0.15, 0.2) is 5.82 Å². The highest BCUT2D eigenvalue weighted by Gasteiger charge is 2.29. The predicted octanol–water partition coefficient (Wildman–Crippen LogP) is 2.16. The van der Waals surface area contributed by atoms with Crippen molar-refractivity contribution < 1.29 is 4.74 Å². The second-order valence-electron chi connectivity index (χ2n) is 4.35. The smallest absolute Gasteiger partial charge is 0.216 e. The Bertz CT molecular complexity index is 630. The maximum atomic E-state index is 5.92. The molecule has 0 aromatic carbocycles. The number of ether oxygens (including phenoxy) is 1. The minimum Gasteiger partial charge on any atom is -0.481 e. The monoisotopic (exact) mass is 321 g/mol. The summed E-state index contributed by atoms with van der Waals surface area (Å²) in [6, 6.07) is 1.69. The summed E-state index contributed by atoms with van der Waals surface area (Å²) in [6.45, 7) is 0. The molecule has 0 bridgehead atoms. The summed E-state index contributed by atoms with van der Waals surface area (Å²) in [6.07, 6.45) is 3.70. The van der Waals surface area contributed by atoms with Crippen molar-refractivity contribution in [1.82, 2.24) is 19.9 Å². The number of methoxy groups -OCH3 is 1. The molecule has 2 aromatic heterocycles. The number of nitrogen functional groups attached to an aromatic ring is 1. The molecule has 1 fully saturated rings. The maximum Gasteiger partial charge on any atom is 0.216 e. The molecule has 6 nitrogen and oxygen atoms in total. The van der Waals surface area contributed by atoms with Gasteiger partial charge in [0.05, 0.1) is 17.3 Å². The van der Waals surface area contributed by atoms with Crippen LogP contribution in [0.25, 0.3) is 11.5 Å². The van der Waals surface area contributed by atoms with Crippen molar-refractivity contribution in [2.45, 2.75) is 18.8 Å². The van der Waals surface area contributed by atoms with E-state index >= 15 is 0 Å². The Morgan fingerprint density at radius 1 is 1.32 bits per heavy atom. The molecule has 0 atom stereocenters. The van der Waals surface area contributed by atoms with E-state index in [0.29, 0.717) is 29.1 Å². The normalized spacial score (nSPS) is 14.4. The lowest BCUT2D eigenvalue weighted by atomic mass is 10.2. The quantitative estimate of drug-likeness (QED) is 0.932. The summed E-state index contributed by atoms with van der Waals surface area (Å²) in [5.74, 6) is 1.89. The van der Waals surface area contributed by atoms with Gasteiger partial charge in [-0.2, -0.15) is 0 Å². The van der Waals surface area contributed by atoms with E-state index in [1.165, 1.54) is 6.33 Å². The fourth-order valence-corrected chi connectivity index (χ4v) is 2.30. The Morgan fingerprint density at radius 2 is 2.11 bits per heavy atom. The van der Waals surface area contributed by atoms with Crippen molar-refractivity contribution in [2.24, 2.45) is 0 Å². The first-order valence-electron chi connectivity index (χ1n) is 5.88. The van der Waals surface area contributed by atoms with E-state index in [0.717, 1.165) is 23.0 Å². The van der Waals surface area contributed by atoms with E-state index in [4.69, 9.17) is 10.5 Å². The molecule has 1 aliphatic rings. The first kappa shape index (κ1) is 12.3. The van der Waals surface area contributed by atoms with E-state index in [2.05, 4.69) is 35.9 Å². The Labute approximate surface area is 118 Å². The summed E-state index contributed by atoms with van der Waals surface area (Å²) in [4.78, 5) is 16.9. The fraction of sp³-hybridized carbons (Fsp3) is 0.333. The first-order valence-corrected chi connectivity index (χ1v) is 6.67. The second kappa shape index (κ2) is 4.73. The summed E-state index contributed by atoms with van der Waals surface area (Å²) in [5, 5.41) is 0. The molecular weight excluding hydrogens is 310 g/mol. The number of nitrogens with zero attached hydrogens (tertiary/aromatic N) is 4. The third kappa shape index (κ3) is 2.37. The molecule has 0 spiro atoms. The number of hydrogen-bond acceptors (Lipinski definition) is 6. The number of rotatable bonds is 3. The molecule has 0 aliphatic heterocycles. The molecule has 2 N–H and O–H groups in total. The molecule has 2 aromatic rings. The topological polar surface area (TPSA) is 86.8 Å². The maximum absolute atomic E-state index is 5.92. The van der Waals surface area contributed by atoms with E-state index in [1.807, 2.05) is 0 Å². The third-order valence-corrected chi connectivity index (χ3v) is 3.76. The van der Waals surface area contributed by atoms with E-state index in [-0.39, 0.29) is 0 Å². The minimum atomic E-state index is 0.435. The molecule has 1 aliphatic carbocycles. The van der Waals surface area contributed by atoms with E-state index in [9.17, 15) is 0 Å². The minimum absolute atomic E-state index is 0.435. The summed E-state index contributed by atoms with van der Waals surface area (Å²) in [7, 11) is 1.55. The van der Waals surface area contributed by atoms with Crippen LogP contribution in [0.15, 0.2) is 16.9 Å². The lowest BCUT2D eigenvalue weighted by molar-refractivity contribution is 0.397. The predicted molar refractivity (Wildman–Crippen MR) is 73.7 cm³/mol. The van der Waals surface area contributed by atoms with Crippen LogP contribution < -0.4 is 10.5 Å². The Balaban J connectivity index is 2.08. The molecule has 1 saturated carbocycles. The van der Waals surface area contributed by atoms with Crippen LogP contribution in [0.5, 0.6) is 5.88 Å². The van der Waals surface area contributed by atoms with Gasteiger partial charge < -0.3 is 10.5 Å². The number of hydrogen-bond donors (Lipinski definition) is 1. The van der Waals surface area contributed by atoms with Crippen LogP contribution in [0.1, 0.15) is 24.5 Å². The molecule has 0 unspecified atom stereocenters. The van der Waals surface area contributed by atoms with Gasteiger partial charge in [-0.15, -0.1) is 0 Å². The largest absolute Gasteiger partial charge is 0.481 e. The molecule has 0 radical (unpaired) electrons. The summed E-state index contributed by atoms with van der Waals surface area (Å²) < 4.78 is 5.86. The van der Waals surface area contributed by atoms with E-state index < -0.39 is 0 Å². The lowest BCUT2D eigenvalue weighted by Crippen LogP contribution is -2.03. The van der Waals surface area contributed by atoms with Crippen LogP contribution in [-0.2, 0) is 0 Å². The number of nitrogens with two attached hydrogens (primary N) is 1. The zero-order valence-electron chi connectivity index (χ0n) is 10.3. The standard InChI is InChI=1S/C12H12BrN5O/c1-19-8-4-7(15-5-16-8)12-17-10(6-2-3-6)9(13)11(14)18-12/h4-6H,2-3H2,1H3,(H2,14,17,18). The Morgan fingerprint density at radius 3 is 2.79 bits per heavy atom. The SMILES string of the molecule is COc1cc(-c2nc(N)c(Br)c(C3CC3)n2)ncn1. The van der Waals surface area contributed by atoms with Crippen molar-refractivity contribution >= 4 is 21.7 Å². The molecule has 2 heterocycles. The number of anilines is 1. The van der Waals surface area contributed by atoms with Crippen molar-refractivity contribution in [3.8, 4) is 17.4 Å². The van der Waals surface area contributed by atoms with Gasteiger partial charge in [0.1, 0.15) is 17.8 Å². The molecule has 19 heavy (non-hydrogen) atoms. The molecule has 98 valence electrons. The highest BCUT2D eigenvalue weighted by molar-refractivity contribution is 9.10. The summed E-state index contributed by atoms with van der Waals surface area (Å²) >= 11 is 3.45. The summed E-state index contributed by atoms with van der Waals surface area (Å²) in [5.41, 5.74) is 7.49. The molecule has 7 heteroatoms. The first-order chi connectivity index (χ1) is 9.19. The van der Waals surface area contributed by atoms with Gasteiger partial charge in [0.2, 0.25) is 5.88 Å². The van der Waals surface area contributed by atoms with Crippen molar-refractivity contribution in [3.05, 3.63) is 22.6 Å².